The largest absolute Gasteiger partial charge is 0.768 e. The van der Waals surface area contributed by atoms with E-state index in [0.29, 0.717) is 16.8 Å². The number of hydrogen-bond donors (Lipinski definition) is 1. The van der Waals surface area contributed by atoms with Gasteiger partial charge in [0.25, 0.3) is 0 Å². The number of anilines is 2. The third-order valence-corrected chi connectivity index (χ3v) is 2.79. The molecular formula is C10H7ClN3O2S-. The summed E-state index contributed by atoms with van der Waals surface area (Å²) in [6.45, 7) is 0. The average molecular weight is 269 g/mol. The zero-order chi connectivity index (χ0) is 12.3. The minimum Gasteiger partial charge on any atom is -0.768 e. The van der Waals surface area contributed by atoms with Gasteiger partial charge in [0.05, 0.1) is 0 Å². The Morgan fingerprint density at radius 1 is 1.24 bits per heavy atom. The van der Waals surface area contributed by atoms with Crippen molar-refractivity contribution >= 4 is 34.3 Å². The van der Waals surface area contributed by atoms with Crippen molar-refractivity contribution in [3.05, 3.63) is 41.7 Å². The van der Waals surface area contributed by atoms with E-state index in [1.54, 1.807) is 18.2 Å². The summed E-state index contributed by atoms with van der Waals surface area (Å²) in [7, 11) is 0. The first kappa shape index (κ1) is 12.0. The second kappa shape index (κ2) is 5.22. The number of nitrogens with zero attached hydrogens (tertiary/aromatic N) is 2. The third kappa shape index (κ3) is 3.23. The predicted octanol–water partition coefficient (Wildman–Crippen LogP) is 2.11. The first-order valence-electron chi connectivity index (χ1n) is 4.60. The van der Waals surface area contributed by atoms with Crippen molar-refractivity contribution in [3.63, 3.8) is 0 Å². The van der Waals surface area contributed by atoms with E-state index in [2.05, 4.69) is 15.3 Å². The number of aromatic nitrogens is 2. The number of hydrogen-bond acceptors (Lipinski definition) is 5. The molecule has 0 saturated heterocycles. The predicted molar refractivity (Wildman–Crippen MR) is 64.0 cm³/mol. The van der Waals surface area contributed by atoms with Crippen molar-refractivity contribution in [2.24, 2.45) is 0 Å². The molecule has 2 aromatic rings. The molecule has 1 aromatic carbocycles. The van der Waals surface area contributed by atoms with Crippen molar-refractivity contribution in [3.8, 4) is 0 Å². The van der Waals surface area contributed by atoms with Crippen molar-refractivity contribution < 1.29 is 8.76 Å². The molecule has 0 spiro atoms. The van der Waals surface area contributed by atoms with Crippen molar-refractivity contribution in [2.75, 3.05) is 5.32 Å². The molecule has 0 fully saturated rings. The van der Waals surface area contributed by atoms with Gasteiger partial charge in [0.1, 0.15) is 5.15 Å². The van der Waals surface area contributed by atoms with E-state index in [9.17, 15) is 8.76 Å². The van der Waals surface area contributed by atoms with E-state index in [1.165, 1.54) is 18.3 Å². The van der Waals surface area contributed by atoms with Crippen LogP contribution in [0.5, 0.6) is 0 Å². The third-order valence-electron chi connectivity index (χ3n) is 1.92. The van der Waals surface area contributed by atoms with Crippen LogP contribution in [-0.4, -0.2) is 18.7 Å². The first-order chi connectivity index (χ1) is 8.15. The Morgan fingerprint density at radius 2 is 1.94 bits per heavy atom. The minimum atomic E-state index is -2.22. The van der Waals surface area contributed by atoms with Gasteiger partial charge in [-0.1, -0.05) is 11.6 Å². The van der Waals surface area contributed by atoms with Crippen molar-refractivity contribution in [1.82, 2.24) is 9.97 Å². The quantitative estimate of drug-likeness (QED) is 0.681. The molecule has 1 unspecified atom stereocenters. The fourth-order valence-corrected chi connectivity index (χ4v) is 1.67. The summed E-state index contributed by atoms with van der Waals surface area (Å²) >= 11 is 3.49. The molecule has 0 aliphatic rings. The fraction of sp³-hybridized carbons (Fsp3) is 0. The minimum absolute atomic E-state index is 0.225. The Kier molecular flexibility index (Phi) is 3.68. The maximum atomic E-state index is 10.7. The summed E-state index contributed by atoms with van der Waals surface area (Å²) in [6.07, 6.45) is 1.53. The zero-order valence-corrected chi connectivity index (χ0v) is 10.0. The van der Waals surface area contributed by atoms with Crippen LogP contribution in [0.1, 0.15) is 0 Å². The topological polar surface area (TPSA) is 77.9 Å². The maximum absolute atomic E-state index is 10.7. The van der Waals surface area contributed by atoms with Crippen LogP contribution in [0.3, 0.4) is 0 Å². The van der Waals surface area contributed by atoms with Gasteiger partial charge < -0.3 is 9.87 Å². The second-order valence-corrected chi connectivity index (χ2v) is 4.42. The normalized spacial score (nSPS) is 12.1. The molecule has 0 bridgehead atoms. The smallest absolute Gasteiger partial charge is 0.228 e. The fourth-order valence-electron chi connectivity index (χ4n) is 1.18. The van der Waals surface area contributed by atoms with Crippen molar-refractivity contribution in [1.29, 1.82) is 0 Å². The summed E-state index contributed by atoms with van der Waals surface area (Å²) in [4.78, 5) is 8.14. The second-order valence-electron chi connectivity index (χ2n) is 3.09. The summed E-state index contributed by atoms with van der Waals surface area (Å²) in [6, 6.07) is 7.77. The molecule has 88 valence electrons. The summed E-state index contributed by atoms with van der Waals surface area (Å²) in [5.41, 5.74) is 0.682. The Bertz CT molecular complexity index is 548. The van der Waals surface area contributed by atoms with Gasteiger partial charge in [0, 0.05) is 16.8 Å². The molecule has 0 saturated carbocycles. The molecular weight excluding hydrogens is 262 g/mol. The monoisotopic (exact) mass is 268 g/mol. The van der Waals surface area contributed by atoms with E-state index in [-0.39, 0.29) is 4.90 Å². The molecule has 1 aromatic heterocycles. The molecule has 1 N–H and O–H groups in total. The van der Waals surface area contributed by atoms with Crippen LogP contribution < -0.4 is 5.32 Å². The van der Waals surface area contributed by atoms with E-state index in [1.807, 2.05) is 0 Å². The van der Waals surface area contributed by atoms with E-state index in [0.717, 1.165) is 0 Å². The number of benzene rings is 1. The Morgan fingerprint density at radius 3 is 2.53 bits per heavy atom. The highest BCUT2D eigenvalue weighted by molar-refractivity contribution is 7.79. The first-order valence-corrected chi connectivity index (χ1v) is 6.05. The molecule has 2 rings (SSSR count). The molecule has 5 nitrogen and oxygen atoms in total. The van der Waals surface area contributed by atoms with Gasteiger partial charge in [0.2, 0.25) is 5.95 Å². The summed E-state index contributed by atoms with van der Waals surface area (Å²) < 4.78 is 21.3. The highest BCUT2D eigenvalue weighted by Crippen LogP contribution is 2.16. The Balaban J connectivity index is 2.16. The number of rotatable bonds is 3. The highest BCUT2D eigenvalue weighted by Gasteiger charge is 1.99. The summed E-state index contributed by atoms with van der Waals surface area (Å²) in [5, 5.41) is 3.24. The highest BCUT2D eigenvalue weighted by atomic mass is 35.5. The molecule has 0 aliphatic carbocycles. The summed E-state index contributed by atoms with van der Waals surface area (Å²) in [5.74, 6) is 0.355. The van der Waals surface area contributed by atoms with Crippen LogP contribution >= 0.6 is 11.6 Å². The zero-order valence-electron chi connectivity index (χ0n) is 8.46. The van der Waals surface area contributed by atoms with Gasteiger partial charge >= 0.3 is 0 Å². The van der Waals surface area contributed by atoms with Gasteiger partial charge in [-0.3, -0.25) is 4.21 Å². The van der Waals surface area contributed by atoms with E-state index < -0.39 is 11.1 Å². The standard InChI is InChI=1S/C10H8ClN3O2S/c11-9-5-6-12-10(14-9)13-7-1-3-8(4-2-7)17(15)16/h1-6H,(H,15,16)(H,12,13,14)/p-1. The van der Waals surface area contributed by atoms with Crippen molar-refractivity contribution in [2.45, 2.75) is 4.90 Å². The lowest BCUT2D eigenvalue weighted by Crippen LogP contribution is -1.97. The average Bonchev–Trinajstić information content (AvgIpc) is 2.29. The van der Waals surface area contributed by atoms with Crippen LogP contribution in [0.25, 0.3) is 0 Å². The van der Waals surface area contributed by atoms with Crippen LogP contribution in [0.2, 0.25) is 5.15 Å². The lowest BCUT2D eigenvalue weighted by atomic mass is 10.3. The van der Waals surface area contributed by atoms with Gasteiger partial charge in [-0.2, -0.15) is 0 Å². The Hall–Kier alpha value is -1.50. The lowest BCUT2D eigenvalue weighted by Gasteiger charge is -2.07. The Labute approximate surface area is 105 Å². The number of nitrogens with one attached hydrogen (secondary N) is 1. The van der Waals surface area contributed by atoms with Crippen LogP contribution in [0.15, 0.2) is 41.4 Å². The molecule has 1 heterocycles. The van der Waals surface area contributed by atoms with Gasteiger partial charge in [-0.25, -0.2) is 9.97 Å². The van der Waals surface area contributed by atoms with Crippen LogP contribution in [0, 0.1) is 0 Å². The van der Waals surface area contributed by atoms with Gasteiger partial charge in [-0.05, 0) is 41.4 Å². The van der Waals surface area contributed by atoms with Gasteiger partial charge in [-0.15, -0.1) is 0 Å². The molecule has 0 amide bonds. The van der Waals surface area contributed by atoms with Gasteiger partial charge in [0.15, 0.2) is 0 Å². The maximum Gasteiger partial charge on any atom is 0.228 e. The SMILES string of the molecule is O=S([O-])c1ccc(Nc2nccc(Cl)n2)cc1. The number of halogens is 1. The van der Waals surface area contributed by atoms with E-state index in [4.69, 9.17) is 11.6 Å². The molecule has 0 radical (unpaired) electrons. The molecule has 0 aliphatic heterocycles. The molecule has 1 atom stereocenters. The lowest BCUT2D eigenvalue weighted by molar-refractivity contribution is 0.537. The van der Waals surface area contributed by atoms with Crippen LogP contribution in [-0.2, 0) is 11.1 Å². The van der Waals surface area contributed by atoms with Crippen LogP contribution in [0.4, 0.5) is 11.6 Å². The van der Waals surface area contributed by atoms with E-state index >= 15 is 0 Å². The molecule has 17 heavy (non-hydrogen) atoms. The molecule has 7 heteroatoms.